The Morgan fingerprint density at radius 3 is 2.73 bits per heavy atom. The summed E-state index contributed by atoms with van der Waals surface area (Å²) in [5, 5.41) is 7.20. The minimum Gasteiger partial charge on any atom is -0.263 e. The molecule has 1 N–H and O–H groups in total. The quantitative estimate of drug-likeness (QED) is 0.824. The van der Waals surface area contributed by atoms with E-state index in [-0.39, 0.29) is 0 Å². The van der Waals surface area contributed by atoms with Gasteiger partial charge in [-0.1, -0.05) is 39.0 Å². The summed E-state index contributed by atoms with van der Waals surface area (Å²) in [6.45, 7) is 2.09. The molecule has 0 bridgehead atoms. The van der Waals surface area contributed by atoms with Crippen LogP contribution in [-0.4, -0.2) is 15.2 Å². The van der Waals surface area contributed by atoms with Crippen molar-refractivity contribution in [1.29, 1.82) is 0 Å². The average molecular weight is 207 g/mol. The summed E-state index contributed by atoms with van der Waals surface area (Å²) in [6.07, 6.45) is 10.5. The minimum atomic E-state index is 0.930. The van der Waals surface area contributed by atoms with Gasteiger partial charge in [0, 0.05) is 12.8 Å². The Balaban J connectivity index is 1.76. The van der Waals surface area contributed by atoms with Gasteiger partial charge in [0.1, 0.15) is 11.6 Å². The molecule has 1 aliphatic rings. The van der Waals surface area contributed by atoms with Crippen molar-refractivity contribution in [2.45, 2.75) is 58.3 Å². The molecule has 3 heteroatoms. The molecule has 84 valence electrons. The van der Waals surface area contributed by atoms with Crippen LogP contribution in [0.3, 0.4) is 0 Å². The van der Waals surface area contributed by atoms with Gasteiger partial charge >= 0.3 is 0 Å². The molecule has 0 spiro atoms. The smallest absolute Gasteiger partial charge is 0.150 e. The lowest BCUT2D eigenvalue weighted by Gasteiger charge is -2.20. The first-order valence-electron chi connectivity index (χ1n) is 6.28. The highest BCUT2D eigenvalue weighted by molar-refractivity contribution is 4.90. The molecule has 0 aromatic carbocycles. The van der Waals surface area contributed by atoms with Crippen molar-refractivity contribution < 1.29 is 0 Å². The Kier molecular flexibility index (Phi) is 3.75. The van der Waals surface area contributed by atoms with E-state index in [1.807, 2.05) is 0 Å². The van der Waals surface area contributed by atoms with Gasteiger partial charge in [0.25, 0.3) is 0 Å². The summed E-state index contributed by atoms with van der Waals surface area (Å²) in [5.41, 5.74) is 0. The van der Waals surface area contributed by atoms with Crippen LogP contribution >= 0.6 is 0 Å². The minimum absolute atomic E-state index is 0.930. The van der Waals surface area contributed by atoms with Gasteiger partial charge in [0.15, 0.2) is 0 Å². The van der Waals surface area contributed by atoms with Crippen LogP contribution in [0.25, 0.3) is 0 Å². The van der Waals surface area contributed by atoms with Crippen LogP contribution < -0.4 is 0 Å². The van der Waals surface area contributed by atoms with E-state index in [4.69, 9.17) is 0 Å². The maximum atomic E-state index is 4.45. The molecule has 0 saturated heterocycles. The van der Waals surface area contributed by atoms with Crippen LogP contribution in [0.1, 0.15) is 57.1 Å². The van der Waals surface area contributed by atoms with Gasteiger partial charge in [-0.3, -0.25) is 5.10 Å². The van der Waals surface area contributed by atoms with Crippen LogP contribution in [-0.2, 0) is 12.8 Å². The lowest BCUT2D eigenvalue weighted by Crippen LogP contribution is -2.07. The van der Waals surface area contributed by atoms with E-state index >= 15 is 0 Å². The topological polar surface area (TPSA) is 41.6 Å². The van der Waals surface area contributed by atoms with Crippen molar-refractivity contribution in [3.63, 3.8) is 0 Å². The first kappa shape index (κ1) is 10.7. The van der Waals surface area contributed by atoms with Crippen LogP contribution in [0.4, 0.5) is 0 Å². The predicted octanol–water partition coefficient (Wildman–Crippen LogP) is 2.88. The maximum absolute atomic E-state index is 4.45. The van der Waals surface area contributed by atoms with Crippen LogP contribution in [0.5, 0.6) is 0 Å². The first-order chi connectivity index (χ1) is 7.38. The number of nitrogens with one attached hydrogen (secondary N) is 1. The molecule has 1 aliphatic carbocycles. The van der Waals surface area contributed by atoms with E-state index in [2.05, 4.69) is 22.1 Å². The summed E-state index contributed by atoms with van der Waals surface area (Å²) in [7, 11) is 0. The van der Waals surface area contributed by atoms with E-state index < -0.39 is 0 Å². The third-order valence-electron chi connectivity index (χ3n) is 3.41. The molecule has 15 heavy (non-hydrogen) atoms. The molecular weight excluding hydrogens is 186 g/mol. The zero-order valence-electron chi connectivity index (χ0n) is 9.63. The number of rotatable bonds is 4. The zero-order chi connectivity index (χ0) is 10.5. The van der Waals surface area contributed by atoms with Crippen LogP contribution in [0.15, 0.2) is 0 Å². The molecule has 1 heterocycles. The van der Waals surface area contributed by atoms with Gasteiger partial charge < -0.3 is 0 Å². The van der Waals surface area contributed by atoms with E-state index in [9.17, 15) is 0 Å². The van der Waals surface area contributed by atoms with Crippen molar-refractivity contribution in [2.75, 3.05) is 0 Å². The highest BCUT2D eigenvalue weighted by Gasteiger charge is 2.13. The predicted molar refractivity (Wildman–Crippen MR) is 60.7 cm³/mol. The fourth-order valence-electron chi connectivity index (χ4n) is 2.42. The van der Waals surface area contributed by atoms with Crippen molar-refractivity contribution in [3.8, 4) is 0 Å². The average Bonchev–Trinajstić information content (AvgIpc) is 2.76. The standard InChI is InChI=1S/C12H21N3/c1-2-11-13-12(15-14-11)9-8-10-6-4-3-5-7-10/h10H,2-9H2,1H3,(H,13,14,15). The van der Waals surface area contributed by atoms with Crippen molar-refractivity contribution in [3.05, 3.63) is 11.6 Å². The third-order valence-corrected chi connectivity index (χ3v) is 3.41. The Hall–Kier alpha value is -0.860. The van der Waals surface area contributed by atoms with Crippen molar-refractivity contribution in [2.24, 2.45) is 5.92 Å². The van der Waals surface area contributed by atoms with Crippen molar-refractivity contribution >= 4 is 0 Å². The molecule has 0 atom stereocenters. The fraction of sp³-hybridized carbons (Fsp3) is 0.833. The lowest BCUT2D eigenvalue weighted by molar-refractivity contribution is 0.337. The number of hydrogen-bond donors (Lipinski definition) is 1. The van der Waals surface area contributed by atoms with E-state index in [0.717, 1.165) is 30.4 Å². The molecule has 0 radical (unpaired) electrons. The van der Waals surface area contributed by atoms with Gasteiger partial charge in [-0.05, 0) is 12.3 Å². The molecule has 0 aliphatic heterocycles. The van der Waals surface area contributed by atoms with E-state index in [1.54, 1.807) is 0 Å². The Morgan fingerprint density at radius 1 is 1.27 bits per heavy atom. The van der Waals surface area contributed by atoms with Crippen LogP contribution in [0, 0.1) is 5.92 Å². The number of H-pyrrole nitrogens is 1. The van der Waals surface area contributed by atoms with Gasteiger partial charge in [0.05, 0.1) is 0 Å². The van der Waals surface area contributed by atoms with E-state index in [0.29, 0.717) is 0 Å². The van der Waals surface area contributed by atoms with Crippen molar-refractivity contribution in [1.82, 2.24) is 15.2 Å². The summed E-state index contributed by atoms with van der Waals surface area (Å²) in [4.78, 5) is 4.45. The Bertz CT molecular complexity index is 287. The number of nitrogens with zero attached hydrogens (tertiary/aromatic N) is 2. The Morgan fingerprint density at radius 2 is 2.07 bits per heavy atom. The summed E-state index contributed by atoms with van der Waals surface area (Å²) >= 11 is 0. The summed E-state index contributed by atoms with van der Waals surface area (Å²) < 4.78 is 0. The zero-order valence-corrected chi connectivity index (χ0v) is 9.63. The highest BCUT2D eigenvalue weighted by Crippen LogP contribution is 2.26. The lowest BCUT2D eigenvalue weighted by atomic mass is 9.86. The Labute approximate surface area is 91.7 Å². The molecule has 0 amide bonds. The molecule has 1 saturated carbocycles. The largest absolute Gasteiger partial charge is 0.263 e. The molecular formula is C12H21N3. The van der Waals surface area contributed by atoms with Gasteiger partial charge in [-0.25, -0.2) is 4.98 Å². The normalized spacial score (nSPS) is 18.2. The number of aromatic nitrogens is 3. The van der Waals surface area contributed by atoms with Crippen LogP contribution in [0.2, 0.25) is 0 Å². The summed E-state index contributed by atoms with van der Waals surface area (Å²) in [6, 6.07) is 0. The molecule has 1 aromatic heterocycles. The van der Waals surface area contributed by atoms with E-state index in [1.165, 1.54) is 38.5 Å². The van der Waals surface area contributed by atoms with Gasteiger partial charge in [-0.15, -0.1) is 0 Å². The first-order valence-corrected chi connectivity index (χ1v) is 6.28. The number of aryl methyl sites for hydroxylation is 2. The second-order valence-electron chi connectivity index (χ2n) is 4.59. The third kappa shape index (κ3) is 3.05. The second-order valence-corrected chi connectivity index (χ2v) is 4.59. The second kappa shape index (κ2) is 5.29. The van der Waals surface area contributed by atoms with Gasteiger partial charge in [-0.2, -0.15) is 5.10 Å². The monoisotopic (exact) mass is 207 g/mol. The molecule has 1 aromatic rings. The SMILES string of the molecule is CCc1n[nH]c(CCC2CCCCC2)n1. The highest BCUT2D eigenvalue weighted by atomic mass is 15.2. The van der Waals surface area contributed by atoms with Gasteiger partial charge in [0.2, 0.25) is 0 Å². The molecule has 0 unspecified atom stereocenters. The fourth-order valence-corrected chi connectivity index (χ4v) is 2.42. The number of aromatic amines is 1. The molecule has 1 fully saturated rings. The number of hydrogen-bond acceptors (Lipinski definition) is 2. The molecule has 3 nitrogen and oxygen atoms in total. The summed E-state index contributed by atoms with van der Waals surface area (Å²) in [5.74, 6) is 2.97. The maximum Gasteiger partial charge on any atom is 0.150 e. The molecule has 2 rings (SSSR count).